The average molecular weight is 221 g/mol. The Bertz CT molecular complexity index is 389. The third-order valence-corrected chi connectivity index (χ3v) is 2.80. The van der Waals surface area contributed by atoms with E-state index in [4.69, 9.17) is 10.5 Å². The minimum absolute atomic E-state index is 0.0374. The first kappa shape index (κ1) is 10.9. The molecule has 86 valence electrons. The lowest BCUT2D eigenvalue weighted by Gasteiger charge is -2.23. The van der Waals surface area contributed by atoms with Gasteiger partial charge >= 0.3 is 0 Å². The molecule has 2 rings (SSSR count). The van der Waals surface area contributed by atoms with Crippen molar-refractivity contribution in [1.82, 2.24) is 9.88 Å². The number of likely N-dealkylation sites (N-methyl/N-ethyl adjacent to an activating group) is 1. The molecular formula is C11H15N3O2. The second-order valence-electron chi connectivity index (χ2n) is 3.90. The molecule has 1 saturated heterocycles. The van der Waals surface area contributed by atoms with Gasteiger partial charge in [0.15, 0.2) is 0 Å². The van der Waals surface area contributed by atoms with E-state index in [9.17, 15) is 4.79 Å². The Morgan fingerprint density at radius 2 is 2.50 bits per heavy atom. The largest absolute Gasteiger partial charge is 0.384 e. The molecule has 0 radical (unpaired) electrons. The van der Waals surface area contributed by atoms with Crippen LogP contribution >= 0.6 is 0 Å². The maximum Gasteiger partial charge on any atom is 0.254 e. The summed E-state index contributed by atoms with van der Waals surface area (Å²) in [5.74, 6) is 0.325. The zero-order chi connectivity index (χ0) is 11.5. The summed E-state index contributed by atoms with van der Waals surface area (Å²) in [5, 5.41) is 0. The fourth-order valence-corrected chi connectivity index (χ4v) is 1.78. The number of hydrogen-bond acceptors (Lipinski definition) is 4. The fourth-order valence-electron chi connectivity index (χ4n) is 1.78. The molecule has 0 bridgehead atoms. The van der Waals surface area contributed by atoms with Crippen LogP contribution in [0, 0.1) is 0 Å². The lowest BCUT2D eigenvalue weighted by atomic mass is 10.2. The molecule has 1 aliphatic rings. The average Bonchev–Trinajstić information content (AvgIpc) is 2.80. The summed E-state index contributed by atoms with van der Waals surface area (Å²) in [7, 11) is 1.79. The molecule has 0 aromatic carbocycles. The second-order valence-corrected chi connectivity index (χ2v) is 3.90. The normalized spacial score (nSPS) is 19.7. The smallest absolute Gasteiger partial charge is 0.254 e. The molecule has 0 aliphatic carbocycles. The SMILES string of the molecule is CN(C(=O)c1ccnc(N)c1)C1CCOC1. The van der Waals surface area contributed by atoms with E-state index in [0.717, 1.165) is 13.0 Å². The van der Waals surface area contributed by atoms with Crippen LogP contribution in [-0.4, -0.2) is 42.1 Å². The molecule has 16 heavy (non-hydrogen) atoms. The zero-order valence-corrected chi connectivity index (χ0v) is 9.22. The highest BCUT2D eigenvalue weighted by Crippen LogP contribution is 2.14. The number of aromatic nitrogens is 1. The number of rotatable bonds is 2. The van der Waals surface area contributed by atoms with Crippen LogP contribution in [0.5, 0.6) is 0 Å². The third kappa shape index (κ3) is 2.14. The Hall–Kier alpha value is -1.62. The summed E-state index contributed by atoms with van der Waals surface area (Å²) >= 11 is 0. The Kier molecular flexibility index (Phi) is 3.05. The van der Waals surface area contributed by atoms with Gasteiger partial charge in [0.05, 0.1) is 12.6 Å². The van der Waals surface area contributed by atoms with Crippen LogP contribution in [0.25, 0.3) is 0 Å². The van der Waals surface area contributed by atoms with Gasteiger partial charge in [-0.05, 0) is 18.6 Å². The molecule has 1 fully saturated rings. The molecule has 1 atom stereocenters. The molecule has 0 saturated carbocycles. The Balaban J connectivity index is 2.12. The van der Waals surface area contributed by atoms with Crippen LogP contribution in [-0.2, 0) is 4.74 Å². The van der Waals surface area contributed by atoms with E-state index in [1.807, 2.05) is 0 Å². The van der Waals surface area contributed by atoms with Crippen molar-refractivity contribution in [1.29, 1.82) is 0 Å². The molecule has 1 aliphatic heterocycles. The molecule has 5 heteroatoms. The number of nitrogens with zero attached hydrogens (tertiary/aromatic N) is 2. The van der Waals surface area contributed by atoms with Gasteiger partial charge in [-0.2, -0.15) is 0 Å². The minimum Gasteiger partial charge on any atom is -0.384 e. The first-order valence-corrected chi connectivity index (χ1v) is 5.25. The molecule has 5 nitrogen and oxygen atoms in total. The summed E-state index contributed by atoms with van der Waals surface area (Å²) in [5.41, 5.74) is 6.11. The molecule has 1 unspecified atom stereocenters. The van der Waals surface area contributed by atoms with Gasteiger partial charge in [0, 0.05) is 25.4 Å². The van der Waals surface area contributed by atoms with Gasteiger partial charge in [-0.1, -0.05) is 0 Å². The van der Waals surface area contributed by atoms with E-state index < -0.39 is 0 Å². The number of nitrogens with two attached hydrogens (primary N) is 1. The van der Waals surface area contributed by atoms with Crippen molar-refractivity contribution in [3.05, 3.63) is 23.9 Å². The lowest BCUT2D eigenvalue weighted by molar-refractivity contribution is 0.0711. The van der Waals surface area contributed by atoms with Crippen LogP contribution in [0.3, 0.4) is 0 Å². The number of nitrogen functional groups attached to an aromatic ring is 1. The first-order valence-electron chi connectivity index (χ1n) is 5.25. The van der Waals surface area contributed by atoms with Gasteiger partial charge < -0.3 is 15.4 Å². The van der Waals surface area contributed by atoms with Crippen LogP contribution in [0.2, 0.25) is 0 Å². The van der Waals surface area contributed by atoms with Crippen LogP contribution in [0.1, 0.15) is 16.8 Å². The third-order valence-electron chi connectivity index (χ3n) is 2.80. The van der Waals surface area contributed by atoms with E-state index in [1.54, 1.807) is 30.3 Å². The maximum absolute atomic E-state index is 12.1. The number of carbonyl (C=O) groups excluding carboxylic acids is 1. The summed E-state index contributed by atoms with van der Waals surface area (Å²) in [4.78, 5) is 17.6. The number of carbonyl (C=O) groups is 1. The Morgan fingerprint density at radius 1 is 1.69 bits per heavy atom. The standard InChI is InChI=1S/C11H15N3O2/c1-14(9-3-5-16-7-9)11(15)8-2-4-13-10(12)6-8/h2,4,6,9H,3,5,7H2,1H3,(H2,12,13). The summed E-state index contributed by atoms with van der Waals surface area (Å²) in [6, 6.07) is 3.43. The zero-order valence-electron chi connectivity index (χ0n) is 9.22. The highest BCUT2D eigenvalue weighted by atomic mass is 16.5. The molecule has 1 amide bonds. The van der Waals surface area contributed by atoms with Crippen molar-refractivity contribution >= 4 is 11.7 Å². The highest BCUT2D eigenvalue weighted by molar-refractivity contribution is 5.94. The van der Waals surface area contributed by atoms with Gasteiger partial charge in [-0.15, -0.1) is 0 Å². The minimum atomic E-state index is -0.0374. The quantitative estimate of drug-likeness (QED) is 0.790. The predicted octanol–water partition coefficient (Wildman–Crippen LogP) is 0.525. The molecular weight excluding hydrogens is 206 g/mol. The number of hydrogen-bond donors (Lipinski definition) is 1. The van der Waals surface area contributed by atoms with E-state index in [1.165, 1.54) is 0 Å². The lowest BCUT2D eigenvalue weighted by Crippen LogP contribution is -2.37. The first-order chi connectivity index (χ1) is 7.68. The van der Waals surface area contributed by atoms with Crippen molar-refractivity contribution in [3.8, 4) is 0 Å². The monoisotopic (exact) mass is 221 g/mol. The summed E-state index contributed by atoms with van der Waals surface area (Å²) in [6.45, 7) is 1.34. The van der Waals surface area contributed by atoms with E-state index in [2.05, 4.69) is 4.98 Å². The van der Waals surface area contributed by atoms with Gasteiger partial charge in [-0.25, -0.2) is 4.98 Å². The molecule has 1 aromatic heterocycles. The molecule has 1 aromatic rings. The van der Waals surface area contributed by atoms with Crippen LogP contribution in [0.4, 0.5) is 5.82 Å². The van der Waals surface area contributed by atoms with E-state index in [0.29, 0.717) is 18.0 Å². The van der Waals surface area contributed by atoms with Gasteiger partial charge in [0.25, 0.3) is 5.91 Å². The van der Waals surface area contributed by atoms with E-state index >= 15 is 0 Å². The van der Waals surface area contributed by atoms with Crippen LogP contribution in [0.15, 0.2) is 18.3 Å². The topological polar surface area (TPSA) is 68.5 Å². The van der Waals surface area contributed by atoms with Gasteiger partial charge in [0.2, 0.25) is 0 Å². The van der Waals surface area contributed by atoms with Crippen molar-refractivity contribution in [3.63, 3.8) is 0 Å². The number of anilines is 1. The van der Waals surface area contributed by atoms with Crippen molar-refractivity contribution in [2.24, 2.45) is 0 Å². The summed E-state index contributed by atoms with van der Waals surface area (Å²) in [6.07, 6.45) is 2.43. The number of ether oxygens (including phenoxy) is 1. The Morgan fingerprint density at radius 3 is 3.12 bits per heavy atom. The second kappa shape index (κ2) is 4.49. The van der Waals surface area contributed by atoms with E-state index in [-0.39, 0.29) is 11.9 Å². The molecule has 2 heterocycles. The predicted molar refractivity (Wildman–Crippen MR) is 60.0 cm³/mol. The van der Waals surface area contributed by atoms with Gasteiger partial charge in [0.1, 0.15) is 5.82 Å². The fraction of sp³-hybridized carbons (Fsp3) is 0.455. The Labute approximate surface area is 94.2 Å². The van der Waals surface area contributed by atoms with Crippen molar-refractivity contribution in [2.75, 3.05) is 26.0 Å². The van der Waals surface area contributed by atoms with Gasteiger partial charge in [-0.3, -0.25) is 4.79 Å². The van der Waals surface area contributed by atoms with Crippen LogP contribution < -0.4 is 5.73 Å². The highest BCUT2D eigenvalue weighted by Gasteiger charge is 2.24. The molecule has 0 spiro atoms. The number of pyridine rings is 1. The number of amides is 1. The summed E-state index contributed by atoms with van der Waals surface area (Å²) < 4.78 is 5.26. The maximum atomic E-state index is 12.1. The molecule has 2 N–H and O–H groups in total. The van der Waals surface area contributed by atoms with Crippen molar-refractivity contribution in [2.45, 2.75) is 12.5 Å². The van der Waals surface area contributed by atoms with Crippen molar-refractivity contribution < 1.29 is 9.53 Å².